The number of nitrogens with two attached hydrogens (primary N) is 1. The van der Waals surface area contributed by atoms with Crippen LogP contribution in [-0.2, 0) is 6.54 Å². The van der Waals surface area contributed by atoms with Crippen LogP contribution in [0.2, 0.25) is 0 Å². The molecule has 1 aliphatic heterocycles. The zero-order chi connectivity index (χ0) is 13.0. The van der Waals surface area contributed by atoms with Crippen molar-refractivity contribution in [2.45, 2.75) is 26.8 Å². The van der Waals surface area contributed by atoms with Gasteiger partial charge in [0.2, 0.25) is 0 Å². The second kappa shape index (κ2) is 5.91. The fraction of sp³-hybridized carbons (Fsp3) is 0.467. The van der Waals surface area contributed by atoms with Gasteiger partial charge in [0.1, 0.15) is 5.75 Å². The van der Waals surface area contributed by atoms with Gasteiger partial charge >= 0.3 is 0 Å². The van der Waals surface area contributed by atoms with Crippen LogP contribution in [0.25, 0.3) is 0 Å². The third-order valence-electron chi connectivity index (χ3n) is 3.30. The molecule has 0 saturated heterocycles. The summed E-state index contributed by atoms with van der Waals surface area (Å²) in [5.41, 5.74) is 9.34. The molecule has 0 spiro atoms. The van der Waals surface area contributed by atoms with Crippen LogP contribution in [0.5, 0.6) is 5.75 Å². The average Bonchev–Trinajstić information content (AvgIpc) is 2.36. The standard InChI is InChI=1S/C15H22N2O/c1-3-18-15-5-4-14(16)10-13(15)11-17-8-6-12(2)7-9-17/h4-6,10H,3,7-9,11,16H2,1-2H3. The van der Waals surface area contributed by atoms with Crippen molar-refractivity contribution in [2.75, 3.05) is 25.4 Å². The molecule has 1 aliphatic rings. The van der Waals surface area contributed by atoms with E-state index < -0.39 is 0 Å². The SMILES string of the molecule is CCOc1ccc(N)cc1CN1CC=C(C)CC1. The van der Waals surface area contributed by atoms with Crippen molar-refractivity contribution in [1.29, 1.82) is 0 Å². The monoisotopic (exact) mass is 246 g/mol. The Kier molecular flexibility index (Phi) is 4.26. The van der Waals surface area contributed by atoms with Crippen molar-refractivity contribution in [3.8, 4) is 5.75 Å². The van der Waals surface area contributed by atoms with E-state index in [1.54, 1.807) is 0 Å². The minimum absolute atomic E-state index is 0.690. The highest BCUT2D eigenvalue weighted by Gasteiger charge is 2.12. The summed E-state index contributed by atoms with van der Waals surface area (Å²) in [4.78, 5) is 2.42. The third kappa shape index (κ3) is 3.26. The molecular formula is C15H22N2O. The van der Waals surface area contributed by atoms with Gasteiger partial charge in [-0.2, -0.15) is 0 Å². The lowest BCUT2D eigenvalue weighted by atomic mass is 10.1. The van der Waals surface area contributed by atoms with Gasteiger partial charge in [-0.3, -0.25) is 4.90 Å². The zero-order valence-electron chi connectivity index (χ0n) is 11.3. The number of nitrogens with zero attached hydrogens (tertiary/aromatic N) is 1. The first-order chi connectivity index (χ1) is 8.69. The summed E-state index contributed by atoms with van der Waals surface area (Å²) < 4.78 is 5.66. The summed E-state index contributed by atoms with van der Waals surface area (Å²) in [6, 6.07) is 5.89. The summed E-state index contributed by atoms with van der Waals surface area (Å²) in [6.07, 6.45) is 3.46. The Morgan fingerprint density at radius 2 is 2.22 bits per heavy atom. The van der Waals surface area contributed by atoms with E-state index in [1.165, 1.54) is 11.1 Å². The molecule has 0 radical (unpaired) electrons. The molecule has 3 heteroatoms. The lowest BCUT2D eigenvalue weighted by Gasteiger charge is -2.26. The van der Waals surface area contributed by atoms with E-state index in [4.69, 9.17) is 10.5 Å². The maximum Gasteiger partial charge on any atom is 0.123 e. The molecule has 0 bridgehead atoms. The normalized spacial score (nSPS) is 16.4. The minimum Gasteiger partial charge on any atom is -0.494 e. The Morgan fingerprint density at radius 3 is 2.89 bits per heavy atom. The molecule has 0 fully saturated rings. The Hall–Kier alpha value is -1.48. The zero-order valence-corrected chi connectivity index (χ0v) is 11.3. The number of rotatable bonds is 4. The van der Waals surface area contributed by atoms with Crippen molar-refractivity contribution >= 4 is 5.69 Å². The molecule has 3 nitrogen and oxygen atoms in total. The highest BCUT2D eigenvalue weighted by molar-refractivity contribution is 5.47. The van der Waals surface area contributed by atoms with Gasteiger partial charge in [0.15, 0.2) is 0 Å². The van der Waals surface area contributed by atoms with E-state index >= 15 is 0 Å². The van der Waals surface area contributed by atoms with Crippen molar-refractivity contribution < 1.29 is 4.74 Å². The van der Waals surface area contributed by atoms with Gasteiger partial charge in [0, 0.05) is 30.9 Å². The third-order valence-corrected chi connectivity index (χ3v) is 3.30. The summed E-state index contributed by atoms with van der Waals surface area (Å²) >= 11 is 0. The van der Waals surface area contributed by atoms with E-state index in [2.05, 4.69) is 17.9 Å². The molecule has 0 aromatic heterocycles. The van der Waals surface area contributed by atoms with Gasteiger partial charge < -0.3 is 10.5 Å². The van der Waals surface area contributed by atoms with Crippen molar-refractivity contribution in [3.63, 3.8) is 0 Å². The van der Waals surface area contributed by atoms with E-state index in [0.29, 0.717) is 6.61 Å². The maximum atomic E-state index is 5.86. The smallest absolute Gasteiger partial charge is 0.123 e. The van der Waals surface area contributed by atoms with Gasteiger partial charge in [-0.25, -0.2) is 0 Å². The number of hydrogen-bond donors (Lipinski definition) is 1. The highest BCUT2D eigenvalue weighted by Crippen LogP contribution is 2.24. The van der Waals surface area contributed by atoms with E-state index in [-0.39, 0.29) is 0 Å². The molecule has 0 unspecified atom stereocenters. The first-order valence-electron chi connectivity index (χ1n) is 6.58. The van der Waals surface area contributed by atoms with Crippen LogP contribution < -0.4 is 10.5 Å². The Morgan fingerprint density at radius 1 is 1.39 bits per heavy atom. The predicted molar refractivity (Wildman–Crippen MR) is 75.7 cm³/mol. The van der Waals surface area contributed by atoms with Crippen molar-refractivity contribution in [2.24, 2.45) is 0 Å². The molecule has 0 amide bonds. The fourth-order valence-corrected chi connectivity index (χ4v) is 2.22. The van der Waals surface area contributed by atoms with Crippen LogP contribution >= 0.6 is 0 Å². The van der Waals surface area contributed by atoms with E-state index in [0.717, 1.165) is 37.5 Å². The summed E-state index contributed by atoms with van der Waals surface area (Å²) in [5.74, 6) is 0.956. The van der Waals surface area contributed by atoms with Crippen LogP contribution in [0.4, 0.5) is 5.69 Å². The number of ether oxygens (including phenoxy) is 1. The van der Waals surface area contributed by atoms with E-state index in [1.807, 2.05) is 25.1 Å². The van der Waals surface area contributed by atoms with Gasteiger partial charge in [0.25, 0.3) is 0 Å². The Labute approximate surface area is 109 Å². The van der Waals surface area contributed by atoms with Crippen molar-refractivity contribution in [3.05, 3.63) is 35.4 Å². The molecular weight excluding hydrogens is 224 g/mol. The second-order valence-corrected chi connectivity index (χ2v) is 4.84. The molecule has 0 saturated carbocycles. The molecule has 1 aromatic rings. The number of hydrogen-bond acceptors (Lipinski definition) is 3. The quantitative estimate of drug-likeness (QED) is 0.656. The minimum atomic E-state index is 0.690. The van der Waals surface area contributed by atoms with Crippen LogP contribution in [0.15, 0.2) is 29.8 Å². The molecule has 18 heavy (non-hydrogen) atoms. The number of benzene rings is 1. The van der Waals surface area contributed by atoms with Crippen LogP contribution in [-0.4, -0.2) is 24.6 Å². The Balaban J connectivity index is 2.10. The van der Waals surface area contributed by atoms with Crippen molar-refractivity contribution in [1.82, 2.24) is 4.90 Å². The Bertz CT molecular complexity index is 440. The van der Waals surface area contributed by atoms with Gasteiger partial charge in [-0.05, 0) is 38.5 Å². The van der Waals surface area contributed by atoms with Crippen LogP contribution in [0.3, 0.4) is 0 Å². The molecule has 2 N–H and O–H groups in total. The molecule has 1 heterocycles. The molecule has 0 aliphatic carbocycles. The molecule has 2 rings (SSSR count). The van der Waals surface area contributed by atoms with Crippen LogP contribution in [0.1, 0.15) is 25.8 Å². The topological polar surface area (TPSA) is 38.5 Å². The average molecular weight is 246 g/mol. The van der Waals surface area contributed by atoms with Crippen LogP contribution in [0, 0.1) is 0 Å². The maximum absolute atomic E-state index is 5.86. The van der Waals surface area contributed by atoms with Gasteiger partial charge in [-0.1, -0.05) is 11.6 Å². The molecule has 0 atom stereocenters. The summed E-state index contributed by atoms with van der Waals surface area (Å²) in [5, 5.41) is 0. The molecule has 1 aromatic carbocycles. The summed E-state index contributed by atoms with van der Waals surface area (Å²) in [7, 11) is 0. The lowest BCUT2D eigenvalue weighted by Crippen LogP contribution is -2.28. The first-order valence-corrected chi connectivity index (χ1v) is 6.58. The molecule has 98 valence electrons. The van der Waals surface area contributed by atoms with Gasteiger partial charge in [-0.15, -0.1) is 0 Å². The fourth-order valence-electron chi connectivity index (χ4n) is 2.22. The predicted octanol–water partition coefficient (Wildman–Crippen LogP) is 2.82. The van der Waals surface area contributed by atoms with E-state index in [9.17, 15) is 0 Å². The second-order valence-electron chi connectivity index (χ2n) is 4.84. The van der Waals surface area contributed by atoms with Gasteiger partial charge in [0.05, 0.1) is 6.61 Å². The highest BCUT2D eigenvalue weighted by atomic mass is 16.5. The summed E-state index contributed by atoms with van der Waals surface area (Å²) in [6.45, 7) is 7.94. The first kappa shape index (κ1) is 13.0. The number of nitrogen functional groups attached to an aromatic ring is 1. The largest absolute Gasteiger partial charge is 0.494 e. The number of anilines is 1. The lowest BCUT2D eigenvalue weighted by molar-refractivity contribution is 0.274.